The van der Waals surface area contributed by atoms with Crippen LogP contribution in [0.1, 0.15) is 17.3 Å². The monoisotopic (exact) mass is 426 g/mol. The number of nitrogens with zero attached hydrogens (tertiary/aromatic N) is 3. The molecule has 2 atom stereocenters. The number of aryl methyl sites for hydroxylation is 1. The van der Waals surface area contributed by atoms with Gasteiger partial charge in [0.05, 0.1) is 18.1 Å². The number of amides is 2. The van der Waals surface area contributed by atoms with E-state index in [4.69, 9.17) is 16.3 Å². The number of halogens is 1. The topological polar surface area (TPSA) is 93.5 Å². The normalized spacial score (nSPS) is 18.2. The highest BCUT2D eigenvalue weighted by Gasteiger charge is 2.48. The smallest absolute Gasteiger partial charge is 0.272 e. The van der Waals surface area contributed by atoms with E-state index < -0.39 is 23.2 Å². The molecule has 1 fully saturated rings. The molecule has 8 nitrogen and oxygen atoms in total. The van der Waals surface area contributed by atoms with Crippen molar-refractivity contribution in [2.45, 2.75) is 24.9 Å². The second kappa shape index (κ2) is 7.79. The van der Waals surface area contributed by atoms with Crippen molar-refractivity contribution in [1.82, 2.24) is 20.0 Å². The predicted molar refractivity (Wildman–Crippen MR) is 111 cm³/mol. The number of aromatic nitrogens is 2. The van der Waals surface area contributed by atoms with Gasteiger partial charge in [0.1, 0.15) is 29.4 Å². The Balaban J connectivity index is 1.56. The standard InChI is InChI=1S/C21H19ClN4O4/c1-12-20(28)25(16-6-4-3-5-15(16)23-12)11-17(27)24-26-19(18(22)21(26)29)13-7-9-14(30-2)10-8-13/h3-10,18-19H,11H2,1-2H3,(H,24,27). The van der Waals surface area contributed by atoms with E-state index in [2.05, 4.69) is 10.4 Å². The summed E-state index contributed by atoms with van der Waals surface area (Å²) in [5.74, 6) is -0.248. The van der Waals surface area contributed by atoms with Gasteiger partial charge in [0, 0.05) is 0 Å². The number of carbonyl (C=O) groups is 2. The van der Waals surface area contributed by atoms with Crippen molar-refractivity contribution in [3.8, 4) is 5.75 Å². The summed E-state index contributed by atoms with van der Waals surface area (Å²) in [6, 6.07) is 13.6. The Morgan fingerprint density at radius 3 is 2.57 bits per heavy atom. The van der Waals surface area contributed by atoms with Crippen molar-refractivity contribution in [2.24, 2.45) is 0 Å². The molecule has 0 radical (unpaired) electrons. The Morgan fingerprint density at radius 2 is 1.87 bits per heavy atom. The summed E-state index contributed by atoms with van der Waals surface area (Å²) >= 11 is 6.20. The van der Waals surface area contributed by atoms with E-state index in [1.165, 1.54) is 9.58 Å². The van der Waals surface area contributed by atoms with Crippen LogP contribution >= 0.6 is 11.6 Å². The van der Waals surface area contributed by atoms with Gasteiger partial charge in [-0.3, -0.25) is 24.4 Å². The van der Waals surface area contributed by atoms with Crippen LogP contribution < -0.4 is 15.7 Å². The zero-order chi connectivity index (χ0) is 21.4. The SMILES string of the molecule is COc1ccc(C2C(Cl)C(=O)N2NC(=O)Cn2c(=O)c(C)nc3ccccc32)cc1. The summed E-state index contributed by atoms with van der Waals surface area (Å²) in [4.78, 5) is 41.8. The van der Waals surface area contributed by atoms with E-state index in [1.54, 1.807) is 56.5 Å². The molecule has 154 valence electrons. The first kappa shape index (κ1) is 19.9. The maximum absolute atomic E-state index is 12.7. The van der Waals surface area contributed by atoms with E-state index in [-0.39, 0.29) is 12.1 Å². The summed E-state index contributed by atoms with van der Waals surface area (Å²) in [5, 5.41) is 0.411. The first-order valence-corrected chi connectivity index (χ1v) is 9.71. The number of β-lactam (4-membered cyclic amide) rings is 1. The van der Waals surface area contributed by atoms with Crippen molar-refractivity contribution < 1.29 is 14.3 Å². The maximum atomic E-state index is 12.7. The van der Waals surface area contributed by atoms with Crippen molar-refractivity contribution >= 4 is 34.4 Å². The molecule has 1 aliphatic heterocycles. The van der Waals surface area contributed by atoms with Crippen molar-refractivity contribution in [1.29, 1.82) is 0 Å². The largest absolute Gasteiger partial charge is 0.497 e. The molecule has 2 aromatic carbocycles. The van der Waals surface area contributed by atoms with Crippen LogP contribution in [0.15, 0.2) is 53.3 Å². The van der Waals surface area contributed by atoms with E-state index in [0.29, 0.717) is 22.5 Å². The molecule has 9 heteroatoms. The minimum absolute atomic E-state index is 0.255. The molecule has 1 aromatic heterocycles. The average molecular weight is 427 g/mol. The number of rotatable bonds is 5. The van der Waals surface area contributed by atoms with Crippen molar-refractivity contribution in [2.75, 3.05) is 7.11 Å². The molecule has 2 amide bonds. The minimum Gasteiger partial charge on any atom is -0.497 e. The Morgan fingerprint density at radius 1 is 1.17 bits per heavy atom. The number of fused-ring (bicyclic) bond motifs is 1. The van der Waals surface area contributed by atoms with Crippen LogP contribution in [-0.4, -0.2) is 38.9 Å². The number of nitrogens with one attached hydrogen (secondary N) is 1. The lowest BCUT2D eigenvalue weighted by Crippen LogP contribution is -2.63. The van der Waals surface area contributed by atoms with Gasteiger partial charge in [-0.1, -0.05) is 24.3 Å². The number of alkyl halides is 1. The van der Waals surface area contributed by atoms with Crippen molar-refractivity contribution in [3.63, 3.8) is 0 Å². The van der Waals surface area contributed by atoms with Gasteiger partial charge in [-0.2, -0.15) is 0 Å². The zero-order valence-corrected chi connectivity index (χ0v) is 17.1. The van der Waals surface area contributed by atoms with E-state index in [1.807, 2.05) is 6.07 Å². The molecule has 2 heterocycles. The summed E-state index contributed by atoms with van der Waals surface area (Å²) in [6.45, 7) is 1.34. The molecule has 3 aromatic rings. The number of hydrogen-bond donors (Lipinski definition) is 1. The van der Waals surface area contributed by atoms with Crippen LogP contribution in [0.25, 0.3) is 11.0 Å². The van der Waals surface area contributed by atoms with Gasteiger partial charge >= 0.3 is 0 Å². The molecule has 0 bridgehead atoms. The lowest BCUT2D eigenvalue weighted by Gasteiger charge is -2.44. The van der Waals surface area contributed by atoms with Gasteiger partial charge in [-0.05, 0) is 36.8 Å². The fraction of sp³-hybridized carbons (Fsp3) is 0.238. The molecular formula is C21H19ClN4O4. The minimum atomic E-state index is -0.787. The third-order valence-electron chi connectivity index (χ3n) is 5.05. The summed E-state index contributed by atoms with van der Waals surface area (Å²) in [6.07, 6.45) is 0. The van der Waals surface area contributed by atoms with Crippen molar-refractivity contribution in [3.05, 3.63) is 70.1 Å². The van der Waals surface area contributed by atoms with Crippen LogP contribution in [0.3, 0.4) is 0 Å². The van der Waals surface area contributed by atoms with E-state index >= 15 is 0 Å². The highest BCUT2D eigenvalue weighted by molar-refractivity contribution is 6.33. The third-order valence-corrected chi connectivity index (χ3v) is 5.47. The summed E-state index contributed by atoms with van der Waals surface area (Å²) in [5.41, 5.74) is 4.43. The Hall–Kier alpha value is -3.39. The van der Waals surface area contributed by atoms with Crippen LogP contribution in [0.2, 0.25) is 0 Å². The quantitative estimate of drug-likeness (QED) is 0.497. The molecule has 0 aliphatic carbocycles. The molecule has 1 saturated heterocycles. The zero-order valence-electron chi connectivity index (χ0n) is 16.3. The molecule has 0 spiro atoms. The van der Waals surface area contributed by atoms with Gasteiger partial charge in [-0.25, -0.2) is 9.99 Å². The van der Waals surface area contributed by atoms with Gasteiger partial charge in [-0.15, -0.1) is 11.6 Å². The van der Waals surface area contributed by atoms with Crippen LogP contribution in [0.4, 0.5) is 0 Å². The number of benzene rings is 2. The fourth-order valence-corrected chi connectivity index (χ4v) is 3.85. The Labute approximate surface area is 177 Å². The Bertz CT molecular complexity index is 1190. The predicted octanol–water partition coefficient (Wildman–Crippen LogP) is 1.94. The van der Waals surface area contributed by atoms with Crippen LogP contribution in [0, 0.1) is 6.92 Å². The van der Waals surface area contributed by atoms with Gasteiger partial charge in [0.15, 0.2) is 0 Å². The van der Waals surface area contributed by atoms with Crippen LogP contribution in [-0.2, 0) is 16.1 Å². The third kappa shape index (κ3) is 3.39. The Kier molecular flexibility index (Phi) is 5.17. The first-order valence-electron chi connectivity index (χ1n) is 9.27. The first-order chi connectivity index (χ1) is 14.4. The highest BCUT2D eigenvalue weighted by Crippen LogP contribution is 2.37. The molecular weight excluding hydrogens is 408 g/mol. The fourth-order valence-electron chi connectivity index (χ4n) is 3.49. The number of ether oxygens (including phenoxy) is 1. The molecule has 1 aliphatic rings. The van der Waals surface area contributed by atoms with Gasteiger partial charge in [0.2, 0.25) is 0 Å². The summed E-state index contributed by atoms with van der Waals surface area (Å²) in [7, 11) is 1.56. The molecule has 1 N–H and O–H groups in total. The average Bonchev–Trinajstić information content (AvgIpc) is 2.76. The van der Waals surface area contributed by atoms with Gasteiger partial charge in [0.25, 0.3) is 17.4 Å². The lowest BCUT2D eigenvalue weighted by atomic mass is 9.95. The molecule has 30 heavy (non-hydrogen) atoms. The summed E-state index contributed by atoms with van der Waals surface area (Å²) < 4.78 is 6.49. The number of carbonyl (C=O) groups excluding carboxylic acids is 2. The van der Waals surface area contributed by atoms with E-state index in [0.717, 1.165) is 5.56 Å². The number of methoxy groups -OCH3 is 1. The van der Waals surface area contributed by atoms with E-state index in [9.17, 15) is 14.4 Å². The number of hydrazine groups is 1. The highest BCUT2D eigenvalue weighted by atomic mass is 35.5. The second-order valence-corrected chi connectivity index (χ2v) is 7.41. The lowest BCUT2D eigenvalue weighted by molar-refractivity contribution is -0.156. The molecule has 2 unspecified atom stereocenters. The molecule has 4 rings (SSSR count). The molecule has 0 saturated carbocycles. The number of hydrogen-bond acceptors (Lipinski definition) is 5. The second-order valence-electron chi connectivity index (χ2n) is 6.94. The van der Waals surface area contributed by atoms with Crippen LogP contribution in [0.5, 0.6) is 5.75 Å². The maximum Gasteiger partial charge on any atom is 0.272 e. The van der Waals surface area contributed by atoms with Gasteiger partial charge < -0.3 is 4.74 Å². The number of para-hydroxylation sites is 2.